The van der Waals surface area contributed by atoms with E-state index in [-0.39, 0.29) is 0 Å². The minimum atomic E-state index is 0.585. The summed E-state index contributed by atoms with van der Waals surface area (Å²) >= 11 is 0. The first-order valence-electron chi connectivity index (χ1n) is 5.24. The van der Waals surface area contributed by atoms with Gasteiger partial charge in [0.15, 0.2) is 17.8 Å². The first-order chi connectivity index (χ1) is 8.36. The SMILES string of the molecule is O=Cc1ccc2nc(-c3ccccc3)nn2c1. The van der Waals surface area contributed by atoms with Crippen LogP contribution in [0.3, 0.4) is 0 Å². The number of carbonyl (C=O) groups excluding carboxylic acids is 1. The molecule has 0 saturated carbocycles. The van der Waals surface area contributed by atoms with Crippen LogP contribution in [0.25, 0.3) is 17.0 Å². The maximum absolute atomic E-state index is 10.7. The first kappa shape index (κ1) is 9.72. The summed E-state index contributed by atoms with van der Waals surface area (Å²) in [5.41, 5.74) is 2.28. The number of fused-ring (bicyclic) bond motifs is 1. The average Bonchev–Trinajstić information content (AvgIpc) is 2.82. The normalized spacial score (nSPS) is 10.6. The summed E-state index contributed by atoms with van der Waals surface area (Å²) in [6.07, 6.45) is 2.46. The number of nitrogens with zero attached hydrogens (tertiary/aromatic N) is 3. The number of hydrogen-bond donors (Lipinski definition) is 0. The average molecular weight is 223 g/mol. The van der Waals surface area contributed by atoms with E-state index in [1.54, 1.807) is 22.8 Å². The number of carbonyl (C=O) groups is 1. The molecule has 0 saturated heterocycles. The van der Waals surface area contributed by atoms with Crippen LogP contribution in [0.15, 0.2) is 48.7 Å². The van der Waals surface area contributed by atoms with Gasteiger partial charge in [-0.25, -0.2) is 9.50 Å². The number of hydrogen-bond acceptors (Lipinski definition) is 3. The van der Waals surface area contributed by atoms with E-state index in [2.05, 4.69) is 10.1 Å². The zero-order chi connectivity index (χ0) is 11.7. The molecule has 0 aliphatic carbocycles. The largest absolute Gasteiger partial charge is 0.298 e. The van der Waals surface area contributed by atoms with Crippen LogP contribution >= 0.6 is 0 Å². The zero-order valence-electron chi connectivity index (χ0n) is 8.95. The van der Waals surface area contributed by atoms with Crippen LogP contribution in [0.1, 0.15) is 10.4 Å². The molecule has 17 heavy (non-hydrogen) atoms. The van der Waals surface area contributed by atoms with Crippen molar-refractivity contribution in [2.75, 3.05) is 0 Å². The van der Waals surface area contributed by atoms with E-state index in [0.29, 0.717) is 11.4 Å². The van der Waals surface area contributed by atoms with Crippen molar-refractivity contribution in [2.24, 2.45) is 0 Å². The Bertz CT molecular complexity index is 673. The molecule has 0 aliphatic rings. The van der Waals surface area contributed by atoms with Crippen molar-refractivity contribution < 1.29 is 4.79 Å². The maximum Gasteiger partial charge on any atom is 0.182 e. The predicted molar refractivity (Wildman–Crippen MR) is 63.8 cm³/mol. The van der Waals surface area contributed by atoms with Gasteiger partial charge in [0.25, 0.3) is 0 Å². The molecule has 2 aromatic heterocycles. The molecule has 0 atom stereocenters. The Morgan fingerprint density at radius 1 is 1.06 bits per heavy atom. The summed E-state index contributed by atoms with van der Waals surface area (Å²) in [5.74, 6) is 0.661. The highest BCUT2D eigenvalue weighted by atomic mass is 16.1. The van der Waals surface area contributed by atoms with Crippen LogP contribution in [0, 0.1) is 0 Å². The number of benzene rings is 1. The van der Waals surface area contributed by atoms with E-state index in [0.717, 1.165) is 17.5 Å². The molecule has 0 spiro atoms. The standard InChI is InChI=1S/C13H9N3O/c17-9-10-6-7-12-14-13(15-16(12)8-10)11-4-2-1-3-5-11/h1-9H. The Morgan fingerprint density at radius 2 is 1.88 bits per heavy atom. The van der Waals surface area contributed by atoms with Crippen LogP contribution in [0.2, 0.25) is 0 Å². The summed E-state index contributed by atoms with van der Waals surface area (Å²) in [4.78, 5) is 15.1. The number of aromatic nitrogens is 3. The van der Waals surface area contributed by atoms with Gasteiger partial charge >= 0.3 is 0 Å². The lowest BCUT2D eigenvalue weighted by atomic mass is 10.2. The van der Waals surface area contributed by atoms with Gasteiger partial charge in [-0.05, 0) is 12.1 Å². The van der Waals surface area contributed by atoms with Crippen LogP contribution in [0.4, 0.5) is 0 Å². The predicted octanol–water partition coefficient (Wildman–Crippen LogP) is 2.21. The third-order valence-corrected chi connectivity index (χ3v) is 2.52. The smallest absolute Gasteiger partial charge is 0.182 e. The van der Waals surface area contributed by atoms with Crippen molar-refractivity contribution in [3.05, 3.63) is 54.2 Å². The highest BCUT2D eigenvalue weighted by molar-refractivity contribution is 5.75. The molecular formula is C13H9N3O. The molecule has 2 heterocycles. The maximum atomic E-state index is 10.7. The van der Waals surface area contributed by atoms with Crippen molar-refractivity contribution in [1.82, 2.24) is 14.6 Å². The third kappa shape index (κ3) is 1.69. The van der Waals surface area contributed by atoms with Gasteiger partial charge in [-0.3, -0.25) is 4.79 Å². The van der Waals surface area contributed by atoms with Crippen LogP contribution < -0.4 is 0 Å². The van der Waals surface area contributed by atoms with Crippen LogP contribution in [0.5, 0.6) is 0 Å². The van der Waals surface area contributed by atoms with Gasteiger partial charge < -0.3 is 0 Å². The first-order valence-corrected chi connectivity index (χ1v) is 5.24. The molecular weight excluding hydrogens is 214 g/mol. The molecule has 4 heteroatoms. The van der Waals surface area contributed by atoms with E-state index in [4.69, 9.17) is 0 Å². The fourth-order valence-corrected chi connectivity index (χ4v) is 1.68. The lowest BCUT2D eigenvalue weighted by Gasteiger charge is -1.91. The second kappa shape index (κ2) is 3.83. The van der Waals surface area contributed by atoms with Gasteiger partial charge in [0, 0.05) is 17.3 Å². The Morgan fingerprint density at radius 3 is 2.65 bits per heavy atom. The molecule has 0 aliphatic heterocycles. The molecule has 1 aromatic carbocycles. The fourth-order valence-electron chi connectivity index (χ4n) is 1.68. The molecule has 0 unspecified atom stereocenters. The molecule has 0 radical (unpaired) electrons. The van der Waals surface area contributed by atoms with Gasteiger partial charge in [-0.1, -0.05) is 30.3 Å². The van der Waals surface area contributed by atoms with Gasteiger partial charge in [0.05, 0.1) is 0 Å². The van der Waals surface area contributed by atoms with E-state index in [9.17, 15) is 4.79 Å². The quantitative estimate of drug-likeness (QED) is 0.626. The third-order valence-electron chi connectivity index (χ3n) is 2.52. The molecule has 0 amide bonds. The Balaban J connectivity index is 2.17. The van der Waals surface area contributed by atoms with Crippen LogP contribution in [-0.2, 0) is 0 Å². The fraction of sp³-hybridized carbons (Fsp3) is 0. The lowest BCUT2D eigenvalue weighted by Crippen LogP contribution is -1.90. The second-order valence-electron chi connectivity index (χ2n) is 3.68. The lowest BCUT2D eigenvalue weighted by molar-refractivity contribution is 0.112. The summed E-state index contributed by atoms with van der Waals surface area (Å²) in [5, 5.41) is 4.34. The van der Waals surface area contributed by atoms with Crippen LogP contribution in [-0.4, -0.2) is 20.9 Å². The highest BCUT2D eigenvalue weighted by Crippen LogP contribution is 2.15. The Kier molecular flexibility index (Phi) is 2.19. The van der Waals surface area contributed by atoms with Gasteiger partial charge in [0.2, 0.25) is 0 Å². The Labute approximate surface area is 97.5 Å². The topological polar surface area (TPSA) is 47.3 Å². The summed E-state index contributed by atoms with van der Waals surface area (Å²) in [7, 11) is 0. The molecule has 0 fully saturated rings. The molecule has 0 N–H and O–H groups in total. The summed E-state index contributed by atoms with van der Waals surface area (Å²) in [6.45, 7) is 0. The highest BCUT2D eigenvalue weighted by Gasteiger charge is 2.05. The van der Waals surface area contributed by atoms with Gasteiger partial charge in [-0.15, -0.1) is 5.10 Å². The zero-order valence-corrected chi connectivity index (χ0v) is 8.95. The molecule has 0 bridgehead atoms. The van der Waals surface area contributed by atoms with Crippen molar-refractivity contribution in [1.29, 1.82) is 0 Å². The summed E-state index contributed by atoms with van der Waals surface area (Å²) < 4.78 is 1.62. The van der Waals surface area contributed by atoms with E-state index in [1.807, 2.05) is 30.3 Å². The minimum absolute atomic E-state index is 0.585. The van der Waals surface area contributed by atoms with Crippen molar-refractivity contribution in [3.8, 4) is 11.4 Å². The van der Waals surface area contributed by atoms with Crippen molar-refractivity contribution in [2.45, 2.75) is 0 Å². The van der Waals surface area contributed by atoms with Gasteiger partial charge in [-0.2, -0.15) is 0 Å². The summed E-state index contributed by atoms with van der Waals surface area (Å²) in [6, 6.07) is 13.2. The number of aldehydes is 1. The number of pyridine rings is 1. The van der Waals surface area contributed by atoms with Crippen molar-refractivity contribution in [3.63, 3.8) is 0 Å². The van der Waals surface area contributed by atoms with E-state index < -0.39 is 0 Å². The Hall–Kier alpha value is -2.49. The molecule has 4 nitrogen and oxygen atoms in total. The number of rotatable bonds is 2. The van der Waals surface area contributed by atoms with E-state index in [1.165, 1.54) is 0 Å². The van der Waals surface area contributed by atoms with Gasteiger partial charge in [0.1, 0.15) is 0 Å². The minimum Gasteiger partial charge on any atom is -0.298 e. The molecule has 3 rings (SSSR count). The molecule has 3 aromatic rings. The molecule has 82 valence electrons. The van der Waals surface area contributed by atoms with E-state index >= 15 is 0 Å². The second-order valence-corrected chi connectivity index (χ2v) is 3.68. The van der Waals surface area contributed by atoms with Crippen molar-refractivity contribution >= 4 is 11.9 Å². The monoisotopic (exact) mass is 223 g/mol.